The zero-order chi connectivity index (χ0) is 12.1. The van der Waals surface area contributed by atoms with E-state index >= 15 is 0 Å². The summed E-state index contributed by atoms with van der Waals surface area (Å²) in [6, 6.07) is 6.64. The molecular formula is C12H15NO3. The van der Waals surface area contributed by atoms with Gasteiger partial charge in [0.15, 0.2) is 5.78 Å². The SMILES string of the molecule is CCC(=O)c1cccc(C(=O)N(C)OC)c1. The Balaban J connectivity index is 2.99. The van der Waals surface area contributed by atoms with E-state index in [1.807, 2.05) is 0 Å². The Morgan fingerprint density at radius 3 is 2.50 bits per heavy atom. The molecule has 0 saturated heterocycles. The van der Waals surface area contributed by atoms with Crippen LogP contribution in [-0.4, -0.2) is 30.9 Å². The molecule has 16 heavy (non-hydrogen) atoms. The molecular weight excluding hydrogens is 206 g/mol. The second kappa shape index (κ2) is 5.42. The van der Waals surface area contributed by atoms with Gasteiger partial charge in [-0.25, -0.2) is 5.06 Å². The highest BCUT2D eigenvalue weighted by Gasteiger charge is 2.12. The van der Waals surface area contributed by atoms with Crippen LogP contribution >= 0.6 is 0 Å². The Morgan fingerprint density at radius 2 is 1.94 bits per heavy atom. The van der Waals surface area contributed by atoms with Crippen LogP contribution in [0.1, 0.15) is 34.1 Å². The molecule has 86 valence electrons. The number of carbonyl (C=O) groups excluding carboxylic acids is 2. The summed E-state index contributed by atoms with van der Waals surface area (Å²) in [6.07, 6.45) is 0.428. The van der Waals surface area contributed by atoms with E-state index in [9.17, 15) is 9.59 Å². The zero-order valence-electron chi connectivity index (χ0n) is 9.69. The van der Waals surface area contributed by atoms with Gasteiger partial charge in [0.25, 0.3) is 5.91 Å². The van der Waals surface area contributed by atoms with E-state index in [2.05, 4.69) is 0 Å². The largest absolute Gasteiger partial charge is 0.294 e. The molecule has 0 aliphatic carbocycles. The van der Waals surface area contributed by atoms with Crippen molar-refractivity contribution in [1.29, 1.82) is 0 Å². The van der Waals surface area contributed by atoms with Gasteiger partial charge in [0.1, 0.15) is 0 Å². The highest BCUT2D eigenvalue weighted by molar-refractivity contribution is 6.00. The Hall–Kier alpha value is -1.68. The molecule has 0 aliphatic heterocycles. The molecule has 0 aliphatic rings. The molecule has 0 N–H and O–H groups in total. The van der Waals surface area contributed by atoms with Gasteiger partial charge in [0, 0.05) is 24.6 Å². The first-order valence-corrected chi connectivity index (χ1v) is 5.05. The standard InChI is InChI=1S/C12H15NO3/c1-4-11(14)9-6-5-7-10(8-9)12(15)13(2)16-3/h5-8H,4H2,1-3H3. The van der Waals surface area contributed by atoms with Gasteiger partial charge < -0.3 is 0 Å². The van der Waals surface area contributed by atoms with Crippen LogP contribution < -0.4 is 0 Å². The highest BCUT2D eigenvalue weighted by Crippen LogP contribution is 2.09. The number of rotatable bonds is 4. The van der Waals surface area contributed by atoms with E-state index < -0.39 is 0 Å². The van der Waals surface area contributed by atoms with E-state index in [0.29, 0.717) is 17.5 Å². The van der Waals surface area contributed by atoms with Crippen LogP contribution in [0, 0.1) is 0 Å². The fourth-order valence-electron chi connectivity index (χ4n) is 1.29. The fraction of sp³-hybridized carbons (Fsp3) is 0.333. The van der Waals surface area contributed by atoms with Gasteiger partial charge in [0.2, 0.25) is 0 Å². The van der Waals surface area contributed by atoms with Crippen LogP contribution in [0.15, 0.2) is 24.3 Å². The number of hydroxylamine groups is 2. The summed E-state index contributed by atoms with van der Waals surface area (Å²) >= 11 is 0. The predicted octanol–water partition coefficient (Wildman–Crippen LogP) is 1.91. The van der Waals surface area contributed by atoms with E-state index in [0.717, 1.165) is 5.06 Å². The molecule has 0 spiro atoms. The van der Waals surface area contributed by atoms with Crippen molar-refractivity contribution in [2.45, 2.75) is 13.3 Å². The maximum Gasteiger partial charge on any atom is 0.277 e. The smallest absolute Gasteiger partial charge is 0.277 e. The Labute approximate surface area is 94.8 Å². The molecule has 4 heteroatoms. The molecule has 0 heterocycles. The highest BCUT2D eigenvalue weighted by atomic mass is 16.7. The third-order valence-corrected chi connectivity index (χ3v) is 2.31. The minimum atomic E-state index is -0.270. The summed E-state index contributed by atoms with van der Waals surface area (Å²) in [4.78, 5) is 28.0. The molecule has 0 unspecified atom stereocenters. The summed E-state index contributed by atoms with van der Waals surface area (Å²) in [6.45, 7) is 1.79. The maximum atomic E-state index is 11.7. The lowest BCUT2D eigenvalue weighted by molar-refractivity contribution is -0.0757. The zero-order valence-corrected chi connectivity index (χ0v) is 9.69. The van der Waals surface area contributed by atoms with Crippen LogP contribution in [-0.2, 0) is 4.84 Å². The average Bonchev–Trinajstić information content (AvgIpc) is 2.36. The van der Waals surface area contributed by atoms with E-state index in [-0.39, 0.29) is 11.7 Å². The lowest BCUT2D eigenvalue weighted by Crippen LogP contribution is -2.25. The normalized spacial score (nSPS) is 9.94. The van der Waals surface area contributed by atoms with Crippen molar-refractivity contribution in [2.75, 3.05) is 14.2 Å². The van der Waals surface area contributed by atoms with Crippen molar-refractivity contribution < 1.29 is 14.4 Å². The van der Waals surface area contributed by atoms with Crippen LogP contribution in [0.3, 0.4) is 0 Å². The van der Waals surface area contributed by atoms with Crippen molar-refractivity contribution in [3.63, 3.8) is 0 Å². The van der Waals surface area contributed by atoms with Crippen molar-refractivity contribution in [3.8, 4) is 0 Å². The van der Waals surface area contributed by atoms with Crippen molar-refractivity contribution in [3.05, 3.63) is 35.4 Å². The first-order valence-electron chi connectivity index (χ1n) is 5.05. The van der Waals surface area contributed by atoms with Gasteiger partial charge in [0.05, 0.1) is 7.11 Å². The molecule has 0 atom stereocenters. The molecule has 0 fully saturated rings. The molecule has 1 rings (SSSR count). The molecule has 1 aromatic rings. The number of carbonyl (C=O) groups is 2. The second-order valence-electron chi connectivity index (χ2n) is 3.34. The molecule has 1 aromatic carbocycles. The maximum absolute atomic E-state index is 11.7. The van der Waals surface area contributed by atoms with Crippen LogP contribution in [0.4, 0.5) is 0 Å². The van der Waals surface area contributed by atoms with Crippen LogP contribution in [0.2, 0.25) is 0 Å². The third-order valence-electron chi connectivity index (χ3n) is 2.31. The lowest BCUT2D eigenvalue weighted by atomic mass is 10.1. The van der Waals surface area contributed by atoms with Gasteiger partial charge in [-0.2, -0.15) is 0 Å². The number of ketones is 1. The molecule has 4 nitrogen and oxygen atoms in total. The number of hydrogen-bond donors (Lipinski definition) is 0. The average molecular weight is 221 g/mol. The van der Waals surface area contributed by atoms with Gasteiger partial charge in [-0.3, -0.25) is 14.4 Å². The fourth-order valence-corrected chi connectivity index (χ4v) is 1.29. The second-order valence-corrected chi connectivity index (χ2v) is 3.34. The number of amides is 1. The van der Waals surface area contributed by atoms with Gasteiger partial charge in [-0.15, -0.1) is 0 Å². The van der Waals surface area contributed by atoms with E-state index in [1.165, 1.54) is 14.2 Å². The summed E-state index contributed by atoms with van der Waals surface area (Å²) in [5, 5.41) is 1.12. The summed E-state index contributed by atoms with van der Waals surface area (Å²) < 4.78 is 0. The topological polar surface area (TPSA) is 46.6 Å². The molecule has 1 amide bonds. The number of Topliss-reactive ketones (excluding diaryl/α,β-unsaturated/α-hetero) is 1. The van der Waals surface area contributed by atoms with Crippen LogP contribution in [0.5, 0.6) is 0 Å². The van der Waals surface area contributed by atoms with Gasteiger partial charge in [-0.1, -0.05) is 19.1 Å². The predicted molar refractivity (Wildman–Crippen MR) is 60.2 cm³/mol. The minimum absolute atomic E-state index is 0.0229. The first kappa shape index (κ1) is 12.4. The van der Waals surface area contributed by atoms with Gasteiger partial charge in [-0.05, 0) is 12.1 Å². The molecule has 0 radical (unpaired) electrons. The van der Waals surface area contributed by atoms with Gasteiger partial charge >= 0.3 is 0 Å². The van der Waals surface area contributed by atoms with Crippen molar-refractivity contribution in [2.24, 2.45) is 0 Å². The molecule has 0 bridgehead atoms. The third kappa shape index (κ3) is 2.67. The monoisotopic (exact) mass is 221 g/mol. The Kier molecular flexibility index (Phi) is 4.19. The number of hydrogen-bond acceptors (Lipinski definition) is 3. The summed E-state index contributed by atoms with van der Waals surface area (Å²) in [7, 11) is 2.94. The quantitative estimate of drug-likeness (QED) is 0.576. The molecule has 0 aromatic heterocycles. The molecule has 0 saturated carbocycles. The number of nitrogens with zero attached hydrogens (tertiary/aromatic N) is 1. The van der Waals surface area contributed by atoms with Crippen molar-refractivity contribution >= 4 is 11.7 Å². The van der Waals surface area contributed by atoms with E-state index in [4.69, 9.17) is 4.84 Å². The summed E-state index contributed by atoms with van der Waals surface area (Å²) in [5.74, 6) is -0.247. The van der Waals surface area contributed by atoms with Crippen LogP contribution in [0.25, 0.3) is 0 Å². The minimum Gasteiger partial charge on any atom is -0.294 e. The lowest BCUT2D eigenvalue weighted by Gasteiger charge is -2.13. The Morgan fingerprint density at radius 1 is 1.31 bits per heavy atom. The number of benzene rings is 1. The van der Waals surface area contributed by atoms with E-state index in [1.54, 1.807) is 31.2 Å². The summed E-state index contributed by atoms with van der Waals surface area (Å²) in [5.41, 5.74) is 1.00. The Bertz CT molecular complexity index is 401. The van der Waals surface area contributed by atoms with Crippen molar-refractivity contribution in [1.82, 2.24) is 5.06 Å². The first-order chi connectivity index (χ1) is 7.60.